The molecule has 0 radical (unpaired) electrons. The molecule has 0 saturated carbocycles. The van der Waals surface area contributed by atoms with E-state index in [-0.39, 0.29) is 18.4 Å². The first-order chi connectivity index (χ1) is 14.1. The van der Waals surface area contributed by atoms with E-state index in [9.17, 15) is 9.59 Å². The van der Waals surface area contributed by atoms with Crippen molar-refractivity contribution < 1.29 is 19.4 Å². The van der Waals surface area contributed by atoms with E-state index in [2.05, 4.69) is 5.32 Å². The van der Waals surface area contributed by atoms with Crippen LogP contribution in [0.3, 0.4) is 0 Å². The molecular weight excluding hydrogens is 368 g/mol. The van der Waals surface area contributed by atoms with Gasteiger partial charge in [0, 0.05) is 32.5 Å². The maximum Gasteiger partial charge on any atom is 0.243 e. The van der Waals surface area contributed by atoms with Gasteiger partial charge in [-0.1, -0.05) is 49.4 Å². The largest absolute Gasteiger partial charge is 0.497 e. The van der Waals surface area contributed by atoms with Crippen molar-refractivity contribution in [1.82, 2.24) is 10.2 Å². The lowest BCUT2D eigenvalue weighted by atomic mass is 10.0. The van der Waals surface area contributed by atoms with Crippen LogP contribution in [0.1, 0.15) is 30.9 Å². The number of aliphatic hydroxyl groups is 1. The lowest BCUT2D eigenvalue weighted by Gasteiger charge is -2.31. The Labute approximate surface area is 172 Å². The summed E-state index contributed by atoms with van der Waals surface area (Å²) < 4.78 is 5.20. The average molecular weight is 399 g/mol. The first kappa shape index (κ1) is 22.4. The highest BCUT2D eigenvalue weighted by Gasteiger charge is 2.29. The summed E-state index contributed by atoms with van der Waals surface area (Å²) in [5.41, 5.74) is 1.91. The number of hydrogen-bond donors (Lipinski definition) is 2. The van der Waals surface area contributed by atoms with E-state index in [0.717, 1.165) is 16.9 Å². The van der Waals surface area contributed by atoms with Gasteiger partial charge in [-0.05, 0) is 29.7 Å². The zero-order chi connectivity index (χ0) is 21.1. The van der Waals surface area contributed by atoms with Crippen LogP contribution < -0.4 is 10.1 Å². The Morgan fingerprint density at radius 1 is 1.07 bits per heavy atom. The minimum Gasteiger partial charge on any atom is -0.497 e. The summed E-state index contributed by atoms with van der Waals surface area (Å²) in [6.45, 7) is 2.51. The highest BCUT2D eigenvalue weighted by atomic mass is 16.5. The number of benzene rings is 2. The third-order valence-corrected chi connectivity index (χ3v) is 4.72. The summed E-state index contributed by atoms with van der Waals surface area (Å²) >= 11 is 0. The summed E-state index contributed by atoms with van der Waals surface area (Å²) in [5.74, 6) is 0.446. The van der Waals surface area contributed by atoms with Crippen LogP contribution in [-0.2, 0) is 22.6 Å². The molecule has 0 bridgehead atoms. The Balaban J connectivity index is 2.28. The van der Waals surface area contributed by atoms with Gasteiger partial charge in [0.15, 0.2) is 0 Å². The number of carbonyl (C=O) groups excluding carboxylic acids is 2. The number of ether oxygens (including phenoxy) is 1. The molecule has 2 aromatic rings. The Morgan fingerprint density at radius 2 is 1.76 bits per heavy atom. The van der Waals surface area contributed by atoms with Gasteiger partial charge in [0.2, 0.25) is 11.8 Å². The standard InChI is InChI=1S/C23H30N2O4/c1-3-22(27)25(17-19-10-12-20(29-2)13-11-19)21(23(28)24-14-7-15-26)16-18-8-5-4-6-9-18/h4-6,8-13,21,26H,3,7,14-17H2,1-2H3,(H,24,28). The van der Waals surface area contributed by atoms with Gasteiger partial charge in [0.05, 0.1) is 7.11 Å². The van der Waals surface area contributed by atoms with Crippen molar-refractivity contribution in [3.05, 3.63) is 65.7 Å². The van der Waals surface area contributed by atoms with Crippen LogP contribution in [-0.4, -0.2) is 48.1 Å². The Hall–Kier alpha value is -2.86. The number of nitrogens with one attached hydrogen (secondary N) is 1. The third kappa shape index (κ3) is 6.91. The molecule has 0 heterocycles. The first-order valence-corrected chi connectivity index (χ1v) is 9.94. The second-order valence-electron chi connectivity index (χ2n) is 6.80. The van der Waals surface area contributed by atoms with Crippen LogP contribution in [0.2, 0.25) is 0 Å². The smallest absolute Gasteiger partial charge is 0.243 e. The molecule has 6 heteroatoms. The number of carbonyl (C=O) groups is 2. The molecule has 0 aliphatic heterocycles. The van der Waals surface area contributed by atoms with Crippen molar-refractivity contribution in [2.75, 3.05) is 20.3 Å². The fourth-order valence-corrected chi connectivity index (χ4v) is 3.09. The van der Waals surface area contributed by atoms with E-state index in [1.54, 1.807) is 18.9 Å². The van der Waals surface area contributed by atoms with Crippen molar-refractivity contribution in [3.8, 4) is 5.75 Å². The van der Waals surface area contributed by atoms with Gasteiger partial charge in [0.25, 0.3) is 0 Å². The molecule has 2 N–H and O–H groups in total. The summed E-state index contributed by atoms with van der Waals surface area (Å²) in [6, 6.07) is 16.5. The second-order valence-corrected chi connectivity index (χ2v) is 6.80. The second kappa shape index (κ2) is 11.9. The summed E-state index contributed by atoms with van der Waals surface area (Å²) in [4.78, 5) is 27.4. The lowest BCUT2D eigenvalue weighted by molar-refractivity contribution is -0.141. The molecule has 0 saturated heterocycles. The monoisotopic (exact) mass is 398 g/mol. The number of rotatable bonds is 11. The minimum absolute atomic E-state index is 0.00703. The fourth-order valence-electron chi connectivity index (χ4n) is 3.09. The number of nitrogens with zero attached hydrogens (tertiary/aromatic N) is 1. The van der Waals surface area contributed by atoms with Crippen molar-refractivity contribution in [2.45, 2.75) is 38.8 Å². The molecule has 0 aliphatic carbocycles. The predicted octanol–water partition coefficient (Wildman–Crippen LogP) is 2.54. The van der Waals surface area contributed by atoms with Gasteiger partial charge in [-0.15, -0.1) is 0 Å². The SMILES string of the molecule is CCC(=O)N(Cc1ccc(OC)cc1)C(Cc1ccccc1)C(=O)NCCCO. The van der Waals surface area contributed by atoms with Crippen LogP contribution in [0.25, 0.3) is 0 Å². The molecule has 2 amide bonds. The van der Waals surface area contributed by atoms with Crippen LogP contribution >= 0.6 is 0 Å². The predicted molar refractivity (Wildman–Crippen MR) is 112 cm³/mol. The van der Waals surface area contributed by atoms with Gasteiger partial charge in [0.1, 0.15) is 11.8 Å². The highest BCUT2D eigenvalue weighted by Crippen LogP contribution is 2.18. The highest BCUT2D eigenvalue weighted by molar-refractivity contribution is 5.87. The molecule has 29 heavy (non-hydrogen) atoms. The van der Waals surface area contributed by atoms with Gasteiger partial charge in [-0.3, -0.25) is 9.59 Å². The van der Waals surface area contributed by atoms with Crippen molar-refractivity contribution in [1.29, 1.82) is 0 Å². The number of amides is 2. The fraction of sp³-hybridized carbons (Fsp3) is 0.391. The number of hydrogen-bond acceptors (Lipinski definition) is 4. The molecule has 1 atom stereocenters. The number of aliphatic hydroxyl groups excluding tert-OH is 1. The van der Waals surface area contributed by atoms with Gasteiger partial charge < -0.3 is 20.1 Å². The van der Waals surface area contributed by atoms with Crippen LogP contribution in [0, 0.1) is 0 Å². The van der Waals surface area contributed by atoms with E-state index >= 15 is 0 Å². The van der Waals surface area contributed by atoms with Crippen LogP contribution in [0.4, 0.5) is 0 Å². The molecule has 2 rings (SSSR count). The van der Waals surface area contributed by atoms with Crippen LogP contribution in [0.15, 0.2) is 54.6 Å². The summed E-state index contributed by atoms with van der Waals surface area (Å²) in [7, 11) is 1.61. The van der Waals surface area contributed by atoms with E-state index in [4.69, 9.17) is 9.84 Å². The van der Waals surface area contributed by atoms with E-state index < -0.39 is 6.04 Å². The molecule has 0 fully saturated rings. The molecule has 156 valence electrons. The quantitative estimate of drug-likeness (QED) is 0.570. The maximum absolute atomic E-state index is 13.0. The van der Waals surface area contributed by atoms with E-state index in [1.165, 1.54) is 0 Å². The molecule has 2 aromatic carbocycles. The topological polar surface area (TPSA) is 78.9 Å². The third-order valence-electron chi connectivity index (χ3n) is 4.72. The van der Waals surface area contributed by atoms with Gasteiger partial charge in [-0.25, -0.2) is 0 Å². The van der Waals surface area contributed by atoms with E-state index in [1.807, 2.05) is 54.6 Å². The molecule has 0 aliphatic rings. The zero-order valence-electron chi connectivity index (χ0n) is 17.1. The van der Waals surface area contributed by atoms with Crippen molar-refractivity contribution >= 4 is 11.8 Å². The average Bonchev–Trinajstić information content (AvgIpc) is 2.76. The zero-order valence-corrected chi connectivity index (χ0v) is 17.1. The van der Waals surface area contributed by atoms with Gasteiger partial charge in [-0.2, -0.15) is 0 Å². The normalized spacial score (nSPS) is 11.6. The van der Waals surface area contributed by atoms with Crippen molar-refractivity contribution in [3.63, 3.8) is 0 Å². The Bertz CT molecular complexity index is 762. The molecule has 1 unspecified atom stereocenters. The lowest BCUT2D eigenvalue weighted by Crippen LogP contribution is -2.50. The first-order valence-electron chi connectivity index (χ1n) is 9.94. The molecule has 0 aromatic heterocycles. The summed E-state index contributed by atoms with van der Waals surface area (Å²) in [5, 5.41) is 11.9. The molecule has 0 spiro atoms. The van der Waals surface area contributed by atoms with Crippen LogP contribution in [0.5, 0.6) is 5.75 Å². The maximum atomic E-state index is 13.0. The summed E-state index contributed by atoms with van der Waals surface area (Å²) in [6.07, 6.45) is 1.21. The molecular formula is C23H30N2O4. The number of methoxy groups -OCH3 is 1. The molecule has 6 nitrogen and oxygen atoms in total. The van der Waals surface area contributed by atoms with Gasteiger partial charge >= 0.3 is 0 Å². The Morgan fingerprint density at radius 3 is 2.34 bits per heavy atom. The minimum atomic E-state index is -0.634. The Kier molecular flexibility index (Phi) is 9.18. The van der Waals surface area contributed by atoms with E-state index in [0.29, 0.717) is 32.4 Å². The van der Waals surface area contributed by atoms with Crippen molar-refractivity contribution in [2.24, 2.45) is 0 Å².